The second kappa shape index (κ2) is 31.4. The van der Waals surface area contributed by atoms with Crippen LogP contribution in [0.1, 0.15) is 182 Å². The Hall–Kier alpha value is -8.11. The van der Waals surface area contributed by atoms with Gasteiger partial charge in [-0.3, -0.25) is 14.4 Å². The summed E-state index contributed by atoms with van der Waals surface area (Å²) in [5.41, 5.74) is 14.8. The van der Waals surface area contributed by atoms with Crippen LogP contribution in [0.25, 0.3) is 90.9 Å². The van der Waals surface area contributed by atoms with E-state index in [0.717, 1.165) is 128 Å². The van der Waals surface area contributed by atoms with Crippen molar-refractivity contribution in [3.63, 3.8) is 0 Å². The number of fused-ring (bicyclic) bond motifs is 8. The molecule has 7 aromatic rings. The Balaban J connectivity index is 1.01. The molecule has 0 spiro atoms. The fraction of sp³-hybridized carbons (Fsp3) is 0.356. The molecule has 430 valence electrons. The van der Waals surface area contributed by atoms with Gasteiger partial charge in [0.25, 0.3) is 5.91 Å². The van der Waals surface area contributed by atoms with Crippen LogP contribution < -0.4 is 16.0 Å². The van der Waals surface area contributed by atoms with Crippen LogP contribution in [0.15, 0.2) is 140 Å². The lowest BCUT2D eigenvalue weighted by atomic mass is 10.0. The van der Waals surface area contributed by atoms with E-state index in [9.17, 15) is 14.4 Å². The largest absolute Gasteiger partial charge is 0.356 e. The zero-order valence-electron chi connectivity index (χ0n) is 49.0. The molecule has 3 amide bonds. The molecule has 10 heteroatoms. The highest BCUT2D eigenvalue weighted by Crippen LogP contribution is 2.38. The Labute approximate surface area is 492 Å². The van der Waals surface area contributed by atoms with E-state index in [0.29, 0.717) is 18.7 Å². The van der Waals surface area contributed by atoms with Gasteiger partial charge in [-0.1, -0.05) is 233 Å². The second-order valence-corrected chi connectivity index (χ2v) is 22.4. The second-order valence-electron chi connectivity index (χ2n) is 22.4. The Bertz CT molecular complexity index is 3410. The molecule has 8 bridgehead atoms. The summed E-state index contributed by atoms with van der Waals surface area (Å²) in [5, 5.41) is 9.06. The molecular formula is C73H85N7O3. The molecular weight excluding hydrogens is 1020 g/mol. The van der Waals surface area contributed by atoms with Crippen molar-refractivity contribution < 1.29 is 14.4 Å². The molecule has 0 radical (unpaired) electrons. The molecule has 0 saturated carbocycles. The Morgan fingerprint density at radius 3 is 1.07 bits per heavy atom. The summed E-state index contributed by atoms with van der Waals surface area (Å²) in [6, 6.07) is 45.9. The van der Waals surface area contributed by atoms with E-state index in [2.05, 4.69) is 137 Å². The van der Waals surface area contributed by atoms with Crippen molar-refractivity contribution in [1.82, 2.24) is 35.9 Å². The number of rotatable bonds is 31. The summed E-state index contributed by atoms with van der Waals surface area (Å²) in [6.07, 6.45) is 32.2. The number of hydrogen-bond acceptors (Lipinski definition) is 5. The first kappa shape index (κ1) is 59.5. The van der Waals surface area contributed by atoms with Gasteiger partial charge in [0, 0.05) is 63.0 Å². The average Bonchev–Trinajstić information content (AvgIpc) is 3.80. The van der Waals surface area contributed by atoms with Crippen molar-refractivity contribution in [3.8, 4) is 44.5 Å². The molecule has 0 aliphatic carbocycles. The third-order valence-electron chi connectivity index (χ3n) is 16.1. The van der Waals surface area contributed by atoms with Crippen LogP contribution >= 0.6 is 0 Å². The monoisotopic (exact) mass is 1110 g/mol. The maximum atomic E-state index is 14.3. The van der Waals surface area contributed by atoms with Crippen LogP contribution in [0, 0.1) is 0 Å². The number of unbranched alkanes of at least 4 members (excludes halogenated alkanes) is 18. The Kier molecular flexibility index (Phi) is 22.5. The predicted molar refractivity (Wildman–Crippen MR) is 346 cm³/mol. The van der Waals surface area contributed by atoms with E-state index in [4.69, 9.17) is 9.97 Å². The lowest BCUT2D eigenvalue weighted by Crippen LogP contribution is -2.49. The summed E-state index contributed by atoms with van der Waals surface area (Å²) in [4.78, 5) is 60.2. The van der Waals surface area contributed by atoms with Crippen molar-refractivity contribution in [2.75, 3.05) is 13.1 Å². The van der Waals surface area contributed by atoms with Crippen molar-refractivity contribution in [2.45, 2.75) is 155 Å². The number of amides is 3. The first-order valence-electron chi connectivity index (χ1n) is 31.2. The molecule has 9 rings (SSSR count). The first-order chi connectivity index (χ1) is 40.9. The van der Waals surface area contributed by atoms with Gasteiger partial charge < -0.3 is 25.9 Å². The number of nitrogens with zero attached hydrogens (tertiary/aromatic N) is 2. The van der Waals surface area contributed by atoms with Gasteiger partial charge in [0.1, 0.15) is 6.04 Å². The van der Waals surface area contributed by atoms with Gasteiger partial charge in [-0.2, -0.15) is 0 Å². The Morgan fingerprint density at radius 1 is 0.386 bits per heavy atom. The molecule has 2 aliphatic rings. The van der Waals surface area contributed by atoms with E-state index in [1.165, 1.54) is 89.9 Å². The predicted octanol–water partition coefficient (Wildman–Crippen LogP) is 17.9. The zero-order chi connectivity index (χ0) is 57.4. The molecule has 1 unspecified atom stereocenters. The molecule has 10 nitrogen and oxygen atoms in total. The van der Waals surface area contributed by atoms with Crippen molar-refractivity contribution >= 4 is 64.1 Å². The maximum absolute atomic E-state index is 14.3. The first-order valence-corrected chi connectivity index (χ1v) is 31.2. The summed E-state index contributed by atoms with van der Waals surface area (Å²) in [7, 11) is 0. The maximum Gasteiger partial charge on any atom is 0.251 e. The van der Waals surface area contributed by atoms with Crippen molar-refractivity contribution in [3.05, 3.63) is 168 Å². The van der Waals surface area contributed by atoms with Gasteiger partial charge in [-0.05, 0) is 95.8 Å². The molecule has 0 fully saturated rings. The highest BCUT2D eigenvalue weighted by Gasteiger charge is 2.25. The van der Waals surface area contributed by atoms with Gasteiger partial charge in [-0.15, -0.1) is 0 Å². The van der Waals surface area contributed by atoms with E-state index < -0.39 is 11.9 Å². The zero-order valence-corrected chi connectivity index (χ0v) is 49.0. The molecule has 5 heterocycles. The number of aromatic amines is 2. The van der Waals surface area contributed by atoms with Gasteiger partial charge in [-0.25, -0.2) is 9.97 Å². The summed E-state index contributed by atoms with van der Waals surface area (Å²) < 4.78 is 0. The molecule has 3 aromatic heterocycles. The molecule has 1 atom stereocenters. The van der Waals surface area contributed by atoms with Crippen LogP contribution in [0.3, 0.4) is 0 Å². The van der Waals surface area contributed by atoms with Crippen LogP contribution in [-0.2, 0) is 9.59 Å². The molecule has 0 saturated heterocycles. The third-order valence-corrected chi connectivity index (χ3v) is 16.1. The number of hydrogen-bond donors (Lipinski definition) is 5. The van der Waals surface area contributed by atoms with Gasteiger partial charge >= 0.3 is 0 Å². The number of benzene rings is 4. The number of nitrogens with one attached hydrogen (secondary N) is 5. The molecule has 5 N–H and O–H groups in total. The van der Waals surface area contributed by atoms with Crippen LogP contribution in [0.4, 0.5) is 0 Å². The molecule has 2 aliphatic heterocycles. The minimum absolute atomic E-state index is 0.148. The van der Waals surface area contributed by atoms with E-state index in [-0.39, 0.29) is 18.2 Å². The van der Waals surface area contributed by atoms with E-state index >= 15 is 0 Å². The Morgan fingerprint density at radius 2 is 0.711 bits per heavy atom. The van der Waals surface area contributed by atoms with Crippen LogP contribution in [0.5, 0.6) is 0 Å². The SMILES string of the molecule is CCCCCCCCCCCCNC(=O)CC(NC(=O)c1ccc(-c2c3nc(c(-c4ccccc4)c4ccc([nH]4)c(-c4ccccc4)c4nc(c(-c5ccccc5)c5ccc2[nH]5)C=C4)C=C3)cc1)C(=O)NCCCCCCCCCCCC. The minimum atomic E-state index is -1.04. The highest BCUT2D eigenvalue weighted by molar-refractivity contribution is 6.02. The summed E-state index contributed by atoms with van der Waals surface area (Å²) in [6.45, 7) is 5.53. The molecule has 4 aromatic carbocycles. The van der Waals surface area contributed by atoms with Crippen molar-refractivity contribution in [1.29, 1.82) is 0 Å². The van der Waals surface area contributed by atoms with Crippen molar-refractivity contribution in [2.24, 2.45) is 0 Å². The van der Waals surface area contributed by atoms with Crippen LogP contribution in [0.2, 0.25) is 0 Å². The lowest BCUT2D eigenvalue weighted by Gasteiger charge is -2.19. The smallest absolute Gasteiger partial charge is 0.251 e. The van der Waals surface area contributed by atoms with Crippen LogP contribution in [-0.4, -0.2) is 56.8 Å². The normalized spacial score (nSPS) is 12.1. The third kappa shape index (κ3) is 16.6. The summed E-state index contributed by atoms with van der Waals surface area (Å²) in [5.74, 6) is -1.03. The topological polar surface area (TPSA) is 145 Å². The van der Waals surface area contributed by atoms with Gasteiger partial charge in [0.05, 0.1) is 29.2 Å². The number of carbonyl (C=O) groups is 3. The average molecular weight is 1110 g/mol. The molecule has 83 heavy (non-hydrogen) atoms. The fourth-order valence-corrected chi connectivity index (χ4v) is 11.5. The van der Waals surface area contributed by atoms with E-state index in [1.54, 1.807) is 12.1 Å². The summed E-state index contributed by atoms with van der Waals surface area (Å²) >= 11 is 0. The lowest BCUT2D eigenvalue weighted by molar-refractivity contribution is -0.128. The fourth-order valence-electron chi connectivity index (χ4n) is 11.5. The van der Waals surface area contributed by atoms with Gasteiger partial charge in [0.2, 0.25) is 11.8 Å². The highest BCUT2D eigenvalue weighted by atomic mass is 16.2. The number of H-pyrrole nitrogens is 2. The van der Waals surface area contributed by atoms with Gasteiger partial charge in [0.15, 0.2) is 0 Å². The number of aromatic nitrogens is 4. The van der Waals surface area contributed by atoms with E-state index in [1.807, 2.05) is 54.6 Å². The quantitative estimate of drug-likeness (QED) is 0.0275. The standard InChI is InChI=1S/C73H85N7O3/c1-3-5-7-9-11-13-15-17-19-30-50-74-67(81)52-66(73(83)75-51-31-20-18-16-14-12-10-8-6-4-2)80-72(82)57-40-38-56(39-41-57)71-64-48-46-62(78-64)69(54-34-26-22-27-35-54)60-44-42-58(76-60)68(53-32-24-21-25-33-53)59-43-45-61(77-59)70(55-36-28-23-29-37-55)63-47-49-65(71)79-63/h21-29,32-49,66,76,79H,3-20,30-31,50-52H2,1-2H3,(H,74,81)(H,75,83)(H,80,82). The minimum Gasteiger partial charge on any atom is -0.356 e. The number of carbonyl (C=O) groups excluding carboxylic acids is 3.